The lowest BCUT2D eigenvalue weighted by molar-refractivity contribution is 0.106. The van der Waals surface area contributed by atoms with Crippen LogP contribution in [-0.4, -0.2) is 39.4 Å². The van der Waals surface area contributed by atoms with Gasteiger partial charge in [0.25, 0.3) is 0 Å². The molecule has 0 radical (unpaired) electrons. The highest BCUT2D eigenvalue weighted by Crippen LogP contribution is 2.33. The maximum atomic E-state index is 12.9. The van der Waals surface area contributed by atoms with E-state index in [1.165, 1.54) is 0 Å². The Morgan fingerprint density at radius 3 is 2.25 bits per heavy atom. The monoisotopic (exact) mass is 325 g/mol. The summed E-state index contributed by atoms with van der Waals surface area (Å²) in [6.07, 6.45) is 0.773. The Bertz CT molecular complexity index is 794. The summed E-state index contributed by atoms with van der Waals surface area (Å²) in [4.78, 5) is 17.3. The third kappa shape index (κ3) is 2.85. The van der Waals surface area contributed by atoms with Crippen LogP contribution in [0, 0.1) is 0 Å². The Morgan fingerprint density at radius 1 is 0.958 bits per heavy atom. The number of nitrogens with zero attached hydrogens (tertiary/aromatic N) is 1. The first-order chi connectivity index (χ1) is 11.7. The van der Waals surface area contributed by atoms with E-state index in [1.807, 2.05) is 12.1 Å². The van der Waals surface area contributed by atoms with Crippen molar-refractivity contribution in [2.24, 2.45) is 4.99 Å². The Balaban J connectivity index is 2.00. The van der Waals surface area contributed by atoms with E-state index in [2.05, 4.69) is 4.99 Å². The number of ketones is 1. The number of Topliss-reactive ketones (excluding diaryl/α,β-unsaturated/α-hetero) is 1. The zero-order valence-corrected chi connectivity index (χ0v) is 14.0. The molecule has 0 saturated heterocycles. The third-order valence-corrected chi connectivity index (χ3v) is 4.08. The summed E-state index contributed by atoms with van der Waals surface area (Å²) in [5.74, 6) is 1.86. The highest BCUT2D eigenvalue weighted by atomic mass is 16.5. The van der Waals surface area contributed by atoms with E-state index >= 15 is 0 Å². The van der Waals surface area contributed by atoms with Crippen molar-refractivity contribution in [3.8, 4) is 17.2 Å². The van der Waals surface area contributed by atoms with Gasteiger partial charge >= 0.3 is 0 Å². The molecule has 0 saturated carbocycles. The normalized spacial score (nSPS) is 12.9. The van der Waals surface area contributed by atoms with Gasteiger partial charge in [0.05, 0.1) is 21.3 Å². The molecule has 0 amide bonds. The molecular formula is C19H19NO4. The molecule has 1 heterocycles. The van der Waals surface area contributed by atoms with E-state index in [-0.39, 0.29) is 5.78 Å². The van der Waals surface area contributed by atoms with Crippen LogP contribution in [-0.2, 0) is 6.42 Å². The maximum Gasteiger partial charge on any atom is 0.211 e. The molecular weight excluding hydrogens is 306 g/mol. The first-order valence-corrected chi connectivity index (χ1v) is 7.66. The van der Waals surface area contributed by atoms with Crippen LogP contribution < -0.4 is 14.2 Å². The van der Waals surface area contributed by atoms with Gasteiger partial charge in [-0.25, -0.2) is 0 Å². The summed E-state index contributed by atoms with van der Waals surface area (Å²) in [5, 5.41) is 0. The number of benzene rings is 2. The Labute approximate surface area is 140 Å². The molecule has 3 rings (SSSR count). The van der Waals surface area contributed by atoms with Crippen molar-refractivity contribution < 1.29 is 19.0 Å². The van der Waals surface area contributed by atoms with Gasteiger partial charge in [-0.1, -0.05) is 0 Å². The van der Waals surface area contributed by atoms with Crippen LogP contribution in [0.3, 0.4) is 0 Å². The van der Waals surface area contributed by atoms with Crippen LogP contribution in [0.2, 0.25) is 0 Å². The van der Waals surface area contributed by atoms with Crippen LogP contribution in [0.4, 0.5) is 0 Å². The third-order valence-electron chi connectivity index (χ3n) is 4.08. The minimum atomic E-state index is -0.106. The molecule has 0 bridgehead atoms. The van der Waals surface area contributed by atoms with E-state index in [9.17, 15) is 4.79 Å². The van der Waals surface area contributed by atoms with Gasteiger partial charge in [-0.05, 0) is 48.4 Å². The fourth-order valence-electron chi connectivity index (χ4n) is 2.79. The minimum Gasteiger partial charge on any atom is -0.497 e. The molecule has 1 aliphatic rings. The van der Waals surface area contributed by atoms with Crippen molar-refractivity contribution in [2.75, 3.05) is 27.9 Å². The Hall–Kier alpha value is -2.82. The molecule has 0 atom stereocenters. The van der Waals surface area contributed by atoms with Crippen LogP contribution in [0.15, 0.2) is 41.4 Å². The molecule has 5 nitrogen and oxygen atoms in total. The van der Waals surface area contributed by atoms with E-state index < -0.39 is 0 Å². The topological polar surface area (TPSA) is 57.1 Å². The number of rotatable bonds is 5. The largest absolute Gasteiger partial charge is 0.497 e. The van der Waals surface area contributed by atoms with Crippen LogP contribution >= 0.6 is 0 Å². The number of ether oxygens (including phenoxy) is 3. The van der Waals surface area contributed by atoms with E-state index in [4.69, 9.17) is 14.2 Å². The summed E-state index contributed by atoms with van der Waals surface area (Å²) < 4.78 is 15.8. The molecule has 5 heteroatoms. The van der Waals surface area contributed by atoms with Gasteiger partial charge in [0.15, 0.2) is 11.5 Å². The summed E-state index contributed by atoms with van der Waals surface area (Å²) >= 11 is 0. The van der Waals surface area contributed by atoms with Crippen molar-refractivity contribution in [1.29, 1.82) is 0 Å². The number of hydrogen-bond donors (Lipinski definition) is 0. The van der Waals surface area contributed by atoms with Crippen molar-refractivity contribution >= 4 is 11.5 Å². The molecule has 0 aliphatic carbocycles. The fourth-order valence-corrected chi connectivity index (χ4v) is 2.79. The fraction of sp³-hybridized carbons (Fsp3) is 0.263. The number of carbonyl (C=O) groups is 1. The lowest BCUT2D eigenvalue weighted by atomic mass is 9.92. The number of hydrogen-bond acceptors (Lipinski definition) is 5. The lowest BCUT2D eigenvalue weighted by Gasteiger charge is -2.19. The predicted molar refractivity (Wildman–Crippen MR) is 92.0 cm³/mol. The smallest absolute Gasteiger partial charge is 0.211 e. The average Bonchev–Trinajstić information content (AvgIpc) is 2.65. The molecule has 0 unspecified atom stereocenters. The van der Waals surface area contributed by atoms with Crippen molar-refractivity contribution in [3.05, 3.63) is 53.1 Å². The quantitative estimate of drug-likeness (QED) is 0.793. The molecule has 24 heavy (non-hydrogen) atoms. The van der Waals surface area contributed by atoms with Gasteiger partial charge in [0, 0.05) is 17.7 Å². The van der Waals surface area contributed by atoms with Gasteiger partial charge in [-0.15, -0.1) is 0 Å². The summed E-state index contributed by atoms with van der Waals surface area (Å²) in [6, 6.07) is 10.8. The SMILES string of the molecule is COc1ccc(C(=O)C2=NCCc3cc(OC)c(OC)cc32)cc1. The van der Waals surface area contributed by atoms with Gasteiger partial charge < -0.3 is 14.2 Å². The first kappa shape index (κ1) is 16.1. The number of methoxy groups -OCH3 is 3. The van der Waals surface area contributed by atoms with Crippen LogP contribution in [0.5, 0.6) is 17.2 Å². The van der Waals surface area contributed by atoms with Crippen LogP contribution in [0.1, 0.15) is 21.5 Å². The Morgan fingerprint density at radius 2 is 1.62 bits per heavy atom. The Kier molecular flexibility index (Phi) is 4.51. The van der Waals surface area contributed by atoms with Crippen molar-refractivity contribution in [3.63, 3.8) is 0 Å². The van der Waals surface area contributed by atoms with Gasteiger partial charge in [0.2, 0.25) is 5.78 Å². The standard InChI is InChI=1S/C19H19NO4/c1-22-14-6-4-12(5-7-14)19(21)18-15-11-17(24-3)16(23-2)10-13(15)8-9-20-18/h4-7,10-11H,8-9H2,1-3H3. The zero-order valence-electron chi connectivity index (χ0n) is 14.0. The summed E-state index contributed by atoms with van der Waals surface area (Å²) in [7, 11) is 4.78. The van der Waals surface area contributed by atoms with Gasteiger partial charge in [-0.3, -0.25) is 9.79 Å². The lowest BCUT2D eigenvalue weighted by Crippen LogP contribution is -2.22. The number of aliphatic imine (C=N–C) groups is 1. The van der Waals surface area contributed by atoms with Crippen molar-refractivity contribution in [1.82, 2.24) is 0 Å². The van der Waals surface area contributed by atoms with Crippen molar-refractivity contribution in [2.45, 2.75) is 6.42 Å². The first-order valence-electron chi connectivity index (χ1n) is 7.66. The average molecular weight is 325 g/mol. The molecule has 0 spiro atoms. The maximum absolute atomic E-state index is 12.9. The summed E-state index contributed by atoms with van der Waals surface area (Å²) in [5.41, 5.74) is 2.89. The second kappa shape index (κ2) is 6.74. The van der Waals surface area contributed by atoms with E-state index in [1.54, 1.807) is 45.6 Å². The molecule has 2 aromatic carbocycles. The minimum absolute atomic E-state index is 0.106. The molecule has 1 aliphatic heterocycles. The highest BCUT2D eigenvalue weighted by molar-refractivity contribution is 6.52. The van der Waals surface area contributed by atoms with Crippen LogP contribution in [0.25, 0.3) is 0 Å². The van der Waals surface area contributed by atoms with Gasteiger partial charge in [0.1, 0.15) is 11.5 Å². The molecule has 0 fully saturated rings. The van der Waals surface area contributed by atoms with Gasteiger partial charge in [-0.2, -0.15) is 0 Å². The highest BCUT2D eigenvalue weighted by Gasteiger charge is 2.24. The zero-order chi connectivity index (χ0) is 17.1. The predicted octanol–water partition coefficient (Wildman–Crippen LogP) is 2.94. The second-order valence-electron chi connectivity index (χ2n) is 5.40. The molecule has 0 aromatic heterocycles. The molecule has 124 valence electrons. The summed E-state index contributed by atoms with van der Waals surface area (Å²) in [6.45, 7) is 0.583. The van der Waals surface area contributed by atoms with E-state index in [0.29, 0.717) is 35.1 Å². The number of carbonyl (C=O) groups excluding carboxylic acids is 1. The second-order valence-corrected chi connectivity index (χ2v) is 5.40. The number of fused-ring (bicyclic) bond motifs is 1. The molecule has 0 N–H and O–H groups in total. The molecule has 2 aromatic rings. The van der Waals surface area contributed by atoms with E-state index in [0.717, 1.165) is 17.5 Å².